The Balaban J connectivity index is 1.46. The number of aliphatic carboxylic acids is 1. The molecule has 5 rings (SSSR count). The minimum atomic E-state index is -1.06. The van der Waals surface area contributed by atoms with Crippen molar-refractivity contribution >= 4 is 17.7 Å². The lowest BCUT2D eigenvalue weighted by molar-refractivity contribution is -0.153. The smallest absolute Gasteiger partial charge is 0.329 e. The topological polar surface area (TPSA) is 94.7 Å². The molecular formula is C30H30N4O3. The van der Waals surface area contributed by atoms with Gasteiger partial charge in [0.05, 0.1) is 0 Å². The normalized spacial score (nSPS) is 15.3. The van der Waals surface area contributed by atoms with Crippen LogP contribution in [0.1, 0.15) is 50.2 Å². The second-order valence-electron chi connectivity index (χ2n) is 9.61. The second kappa shape index (κ2) is 10.5. The van der Waals surface area contributed by atoms with Crippen LogP contribution in [0.4, 0.5) is 0 Å². The number of amidine groups is 1. The lowest BCUT2D eigenvalue weighted by Gasteiger charge is -2.29. The van der Waals surface area contributed by atoms with Crippen LogP contribution in [0, 0.1) is 0 Å². The van der Waals surface area contributed by atoms with Gasteiger partial charge in [-0.25, -0.2) is 9.79 Å². The van der Waals surface area contributed by atoms with Crippen molar-refractivity contribution in [1.82, 2.24) is 4.90 Å². The van der Waals surface area contributed by atoms with Crippen molar-refractivity contribution in [3.63, 3.8) is 0 Å². The average molecular weight is 495 g/mol. The van der Waals surface area contributed by atoms with Gasteiger partial charge in [0.25, 0.3) is 0 Å². The van der Waals surface area contributed by atoms with Gasteiger partial charge in [0, 0.05) is 18.5 Å². The minimum absolute atomic E-state index is 0.0896. The van der Waals surface area contributed by atoms with Crippen molar-refractivity contribution in [3.05, 3.63) is 83.9 Å². The monoisotopic (exact) mass is 494 g/mol. The van der Waals surface area contributed by atoms with Crippen LogP contribution in [0.3, 0.4) is 0 Å². The van der Waals surface area contributed by atoms with E-state index in [2.05, 4.69) is 39.5 Å². The molecule has 7 nitrogen and oxygen atoms in total. The van der Waals surface area contributed by atoms with Gasteiger partial charge >= 0.3 is 5.97 Å². The summed E-state index contributed by atoms with van der Waals surface area (Å²) in [5.74, 6) is -0.389. The first-order valence-electron chi connectivity index (χ1n) is 12.8. The maximum absolute atomic E-state index is 13.0. The molecule has 0 unspecified atom stereocenters. The van der Waals surface area contributed by atoms with Gasteiger partial charge in [-0.3, -0.25) is 4.79 Å². The highest BCUT2D eigenvalue weighted by molar-refractivity contribution is 6.06. The molecule has 3 aromatic carbocycles. The maximum atomic E-state index is 13.0. The van der Waals surface area contributed by atoms with Crippen LogP contribution in [0.5, 0.6) is 0 Å². The van der Waals surface area contributed by atoms with E-state index in [9.17, 15) is 14.7 Å². The number of carbonyl (C=O) groups is 2. The molecule has 3 aromatic rings. The number of unbranched alkanes of at least 4 members (excludes halogenated alkanes) is 1. The summed E-state index contributed by atoms with van der Waals surface area (Å²) in [6.45, 7) is 2.65. The highest BCUT2D eigenvalue weighted by Gasteiger charge is 2.56. The van der Waals surface area contributed by atoms with Gasteiger partial charge in [0.2, 0.25) is 5.91 Å². The molecule has 1 aliphatic heterocycles. The first-order valence-corrected chi connectivity index (χ1v) is 12.8. The molecular weight excluding hydrogens is 464 g/mol. The Morgan fingerprint density at radius 1 is 0.919 bits per heavy atom. The Kier molecular flexibility index (Phi) is 6.95. The molecule has 1 amide bonds. The van der Waals surface area contributed by atoms with Gasteiger partial charge in [-0.05, 0) is 59.2 Å². The molecule has 7 heteroatoms. The third-order valence-electron chi connectivity index (χ3n) is 7.11. The fraction of sp³-hybridized carbons (Fsp3) is 0.300. The molecule has 0 saturated heterocycles. The van der Waals surface area contributed by atoms with E-state index >= 15 is 0 Å². The zero-order valence-electron chi connectivity index (χ0n) is 20.9. The predicted octanol–water partition coefficient (Wildman–Crippen LogP) is 6.33. The lowest BCUT2D eigenvalue weighted by atomic mass is 9.93. The summed E-state index contributed by atoms with van der Waals surface area (Å²) in [5, 5.41) is 18.1. The molecule has 1 heterocycles. The molecule has 1 saturated carbocycles. The number of carboxylic acids is 1. The summed E-state index contributed by atoms with van der Waals surface area (Å²) >= 11 is 0. The number of amides is 1. The molecule has 0 atom stereocenters. The van der Waals surface area contributed by atoms with E-state index in [0.717, 1.165) is 46.2 Å². The number of rotatable bonds is 10. The van der Waals surface area contributed by atoms with E-state index in [-0.39, 0.29) is 12.5 Å². The Bertz CT molecular complexity index is 1360. The van der Waals surface area contributed by atoms with E-state index < -0.39 is 11.5 Å². The van der Waals surface area contributed by atoms with Gasteiger partial charge in [0.1, 0.15) is 5.54 Å². The van der Waals surface area contributed by atoms with E-state index in [1.807, 2.05) is 55.5 Å². The van der Waals surface area contributed by atoms with E-state index in [0.29, 0.717) is 31.8 Å². The maximum Gasteiger partial charge on any atom is 0.329 e. The summed E-state index contributed by atoms with van der Waals surface area (Å²) in [4.78, 5) is 31.0. The molecule has 188 valence electrons. The zero-order valence-corrected chi connectivity index (χ0v) is 20.9. The van der Waals surface area contributed by atoms with Crippen molar-refractivity contribution in [2.45, 2.75) is 51.1 Å². The number of hydrogen-bond donors (Lipinski definition) is 1. The largest absolute Gasteiger partial charge is 0.479 e. The number of benzene rings is 3. The Morgan fingerprint density at radius 2 is 1.65 bits per heavy atom. The third kappa shape index (κ3) is 5.07. The number of hydrogen-bond acceptors (Lipinski definition) is 5. The third-order valence-corrected chi connectivity index (χ3v) is 7.11. The summed E-state index contributed by atoms with van der Waals surface area (Å²) in [6.07, 6.45) is 3.03. The number of carbonyl (C=O) groups excluding carboxylic acids is 1. The Hall–Kier alpha value is -4.13. The zero-order chi connectivity index (χ0) is 25.8. The number of nitrogens with zero attached hydrogens (tertiary/aromatic N) is 4. The number of carboxylic acid groups (broad SMARTS) is 1. The average Bonchev–Trinajstić information content (AvgIpc) is 3.56. The molecule has 0 bridgehead atoms. The van der Waals surface area contributed by atoms with Crippen molar-refractivity contribution in [2.75, 3.05) is 6.67 Å². The van der Waals surface area contributed by atoms with Crippen LogP contribution in [0.25, 0.3) is 22.3 Å². The predicted molar refractivity (Wildman–Crippen MR) is 143 cm³/mol. The summed E-state index contributed by atoms with van der Waals surface area (Å²) in [7, 11) is 0. The van der Waals surface area contributed by atoms with Crippen LogP contribution in [-0.2, 0) is 16.1 Å². The fourth-order valence-corrected chi connectivity index (χ4v) is 4.79. The van der Waals surface area contributed by atoms with E-state index in [1.54, 1.807) is 4.90 Å². The highest BCUT2D eigenvalue weighted by Crippen LogP contribution is 2.43. The first-order chi connectivity index (χ1) is 18.0. The van der Waals surface area contributed by atoms with Gasteiger partial charge in [-0.15, -0.1) is 5.11 Å². The Labute approximate surface area is 216 Å². The van der Waals surface area contributed by atoms with Gasteiger partial charge in [-0.1, -0.05) is 74.0 Å². The summed E-state index contributed by atoms with van der Waals surface area (Å²) in [6, 6.07) is 24.4. The highest BCUT2D eigenvalue weighted by atomic mass is 16.4. The van der Waals surface area contributed by atoms with Crippen LogP contribution in [0.2, 0.25) is 0 Å². The first kappa shape index (κ1) is 24.6. The molecule has 1 N–H and O–H groups in total. The van der Waals surface area contributed by atoms with Crippen molar-refractivity contribution < 1.29 is 14.7 Å². The summed E-state index contributed by atoms with van der Waals surface area (Å²) in [5.41, 5.74) is 4.94. The minimum Gasteiger partial charge on any atom is -0.479 e. The SMILES string of the molecule is CCCCC(=O)N(Cc1ccc(-c2cc(-c3ccccc3)ccc2C2=NCN=N2)cc1)C1(C(=O)O)CC1. The number of aliphatic imine (C=N–C) groups is 1. The second-order valence-corrected chi connectivity index (χ2v) is 9.61. The van der Waals surface area contributed by atoms with Gasteiger partial charge < -0.3 is 10.0 Å². The molecule has 0 spiro atoms. The van der Waals surface area contributed by atoms with Gasteiger partial charge in [-0.2, -0.15) is 5.11 Å². The van der Waals surface area contributed by atoms with E-state index in [1.165, 1.54) is 0 Å². The van der Waals surface area contributed by atoms with Crippen molar-refractivity contribution in [3.8, 4) is 22.3 Å². The van der Waals surface area contributed by atoms with E-state index in [4.69, 9.17) is 0 Å². The van der Waals surface area contributed by atoms with Crippen molar-refractivity contribution in [2.24, 2.45) is 15.2 Å². The van der Waals surface area contributed by atoms with Crippen LogP contribution in [0.15, 0.2) is 88.0 Å². The van der Waals surface area contributed by atoms with Crippen LogP contribution in [-0.4, -0.2) is 39.9 Å². The van der Waals surface area contributed by atoms with Crippen molar-refractivity contribution in [1.29, 1.82) is 0 Å². The van der Waals surface area contributed by atoms with Crippen LogP contribution < -0.4 is 0 Å². The van der Waals surface area contributed by atoms with Gasteiger partial charge in [0.15, 0.2) is 12.5 Å². The molecule has 2 aliphatic rings. The van der Waals surface area contributed by atoms with Crippen LogP contribution >= 0.6 is 0 Å². The molecule has 37 heavy (non-hydrogen) atoms. The fourth-order valence-electron chi connectivity index (χ4n) is 4.79. The quantitative estimate of drug-likeness (QED) is 0.357. The number of azo groups is 1. The summed E-state index contributed by atoms with van der Waals surface area (Å²) < 4.78 is 0. The Morgan fingerprint density at radius 3 is 2.27 bits per heavy atom. The molecule has 0 aromatic heterocycles. The molecule has 1 fully saturated rings. The standard InChI is InChI=1S/C30H30N4O3/c1-2-3-9-27(35)34(30(16-17-30)29(36)37)19-21-10-12-23(13-11-21)26-18-24(22-7-5-4-6-8-22)14-15-25(26)28-31-20-32-33-28/h4-8,10-15,18H,2-3,9,16-17,19-20H2,1H3,(H,36,37). The lowest BCUT2D eigenvalue weighted by Crippen LogP contribution is -2.46. The molecule has 0 radical (unpaired) electrons. The molecule has 1 aliphatic carbocycles.